The molecule has 0 radical (unpaired) electrons. The maximum atomic E-state index is 11.9. The number of allylic oxidation sites excluding steroid dienone is 5. The zero-order valence-corrected chi connectivity index (χ0v) is 20.2. The van der Waals surface area contributed by atoms with E-state index in [1.54, 1.807) is 0 Å². The highest BCUT2D eigenvalue weighted by Gasteiger charge is 2.26. The van der Waals surface area contributed by atoms with Gasteiger partial charge in [0.2, 0.25) is 0 Å². The molecule has 1 aliphatic carbocycles. The molecule has 35 heavy (non-hydrogen) atoms. The number of anilines is 2. The topological polar surface area (TPSA) is 223 Å². The standard InChI is InChI=1S/C20H19N3O9S3/c1-10-6-13(9-18(20(10)23)35(28,29)30)19(11-2-4-14(21)16(7-11)33-32-31-24)12-3-5-15(22)17(8-12)34(25,26)27/h2-9,23-24H,21-22H2,1H3,(H,25,26,27)(H,28,29,30). The van der Waals surface area contributed by atoms with Crippen LogP contribution in [-0.2, 0) is 29.6 Å². The van der Waals surface area contributed by atoms with Gasteiger partial charge in [-0.15, -0.1) is 4.33 Å². The minimum atomic E-state index is -4.79. The molecule has 3 rings (SSSR count). The van der Waals surface area contributed by atoms with E-state index in [1.165, 1.54) is 43.3 Å². The molecule has 0 unspecified atom stereocenters. The summed E-state index contributed by atoms with van der Waals surface area (Å²) in [5.41, 5.74) is 12.4. The summed E-state index contributed by atoms with van der Waals surface area (Å²) in [7, 11) is -9.51. The third-order valence-electron chi connectivity index (χ3n) is 4.90. The van der Waals surface area contributed by atoms with E-state index in [0.717, 1.165) is 12.1 Å². The molecule has 0 saturated carbocycles. The molecule has 0 fully saturated rings. The van der Waals surface area contributed by atoms with Crippen LogP contribution in [0.4, 0.5) is 11.4 Å². The van der Waals surface area contributed by atoms with Gasteiger partial charge in [-0.3, -0.25) is 14.5 Å². The molecule has 0 saturated heterocycles. The van der Waals surface area contributed by atoms with Gasteiger partial charge in [0.05, 0.1) is 28.3 Å². The Balaban J connectivity index is 2.43. The van der Waals surface area contributed by atoms with E-state index in [2.05, 4.69) is 9.37 Å². The number of nitrogens with one attached hydrogen (secondary N) is 1. The number of hydrogen-bond acceptors (Lipinski definition) is 11. The third-order valence-corrected chi connectivity index (χ3v) is 7.35. The van der Waals surface area contributed by atoms with Gasteiger partial charge >= 0.3 is 0 Å². The molecular weight excluding hydrogens is 522 g/mol. The Hall–Kier alpha value is -3.02. The summed E-state index contributed by atoms with van der Waals surface area (Å²) < 4.78 is 71.3. The number of nitrogen functional groups attached to an aromatic ring is 2. The van der Waals surface area contributed by atoms with Crippen LogP contribution in [0.5, 0.6) is 0 Å². The van der Waals surface area contributed by atoms with Crippen LogP contribution in [0.1, 0.15) is 18.1 Å². The van der Waals surface area contributed by atoms with Gasteiger partial charge in [0.25, 0.3) is 20.2 Å². The van der Waals surface area contributed by atoms with Crippen molar-refractivity contribution in [2.75, 3.05) is 11.5 Å². The van der Waals surface area contributed by atoms with Crippen LogP contribution >= 0.6 is 12.0 Å². The van der Waals surface area contributed by atoms with Crippen LogP contribution in [0, 0.1) is 5.41 Å². The Kier molecular flexibility index (Phi) is 7.53. The molecule has 0 aliphatic heterocycles. The Bertz CT molecular complexity index is 1530. The minimum Gasteiger partial charge on any atom is -0.398 e. The van der Waals surface area contributed by atoms with Crippen molar-refractivity contribution < 1.29 is 40.6 Å². The van der Waals surface area contributed by atoms with Crippen molar-refractivity contribution in [1.82, 2.24) is 0 Å². The maximum absolute atomic E-state index is 11.9. The van der Waals surface area contributed by atoms with Gasteiger partial charge in [0, 0.05) is 5.69 Å². The SMILES string of the molecule is CC1=CC(=C(c2ccc(N)c(SOOO)c2)c2ccc(N)c(S(=O)(=O)O)c2)C=C(S(=O)(=O)O)C1=N. The molecule has 2 aromatic rings. The average molecular weight is 542 g/mol. The molecule has 8 N–H and O–H groups in total. The van der Waals surface area contributed by atoms with Crippen LogP contribution in [0.15, 0.2) is 74.4 Å². The number of nitrogens with two attached hydrogens (primary N) is 2. The van der Waals surface area contributed by atoms with Crippen molar-refractivity contribution in [2.45, 2.75) is 16.7 Å². The molecule has 0 heterocycles. The molecule has 0 amide bonds. The van der Waals surface area contributed by atoms with Gasteiger partial charge in [0.15, 0.2) is 0 Å². The van der Waals surface area contributed by atoms with E-state index >= 15 is 0 Å². The van der Waals surface area contributed by atoms with Crippen molar-refractivity contribution in [3.63, 3.8) is 0 Å². The van der Waals surface area contributed by atoms with Crippen LogP contribution in [0.2, 0.25) is 0 Å². The first kappa shape index (κ1) is 26.6. The van der Waals surface area contributed by atoms with Crippen molar-refractivity contribution >= 4 is 54.9 Å². The second-order valence-corrected chi connectivity index (χ2v) is 10.7. The number of rotatable bonds is 7. The summed E-state index contributed by atoms with van der Waals surface area (Å²) in [5, 5.41) is 20.1. The van der Waals surface area contributed by atoms with Crippen molar-refractivity contribution in [3.05, 3.63) is 75.7 Å². The quantitative estimate of drug-likeness (QED) is 0.0978. The fourth-order valence-corrected chi connectivity index (χ4v) is 5.11. The van der Waals surface area contributed by atoms with Crippen molar-refractivity contribution in [1.29, 1.82) is 5.41 Å². The summed E-state index contributed by atoms with van der Waals surface area (Å²) in [6, 6.07) is 8.25. The summed E-state index contributed by atoms with van der Waals surface area (Å²) in [6.07, 6.45) is 2.52. The molecule has 0 spiro atoms. The van der Waals surface area contributed by atoms with Gasteiger partial charge < -0.3 is 11.5 Å². The fourth-order valence-electron chi connectivity index (χ4n) is 3.33. The monoisotopic (exact) mass is 541 g/mol. The van der Waals surface area contributed by atoms with Crippen LogP contribution < -0.4 is 11.5 Å². The summed E-state index contributed by atoms with van der Waals surface area (Å²) in [5.74, 6) is 0. The highest BCUT2D eigenvalue weighted by molar-refractivity contribution is 7.94. The predicted molar refractivity (Wildman–Crippen MR) is 129 cm³/mol. The highest BCUT2D eigenvalue weighted by atomic mass is 32.2. The Labute approximate surface area is 204 Å². The normalized spacial score (nSPS) is 16.1. The third kappa shape index (κ3) is 5.80. The fraction of sp³-hybridized carbons (Fsp3) is 0.0500. The lowest BCUT2D eigenvalue weighted by molar-refractivity contribution is -0.432. The van der Waals surface area contributed by atoms with E-state index < -0.39 is 35.7 Å². The van der Waals surface area contributed by atoms with Crippen LogP contribution in [-0.4, -0.2) is 36.9 Å². The molecule has 186 valence electrons. The van der Waals surface area contributed by atoms with Crippen molar-refractivity contribution in [2.24, 2.45) is 0 Å². The molecular formula is C20H19N3O9S3. The zero-order chi connectivity index (χ0) is 26.1. The summed E-state index contributed by atoms with van der Waals surface area (Å²) in [4.78, 5) is -0.987. The first-order valence-electron chi connectivity index (χ1n) is 9.37. The second kappa shape index (κ2) is 9.92. The lowest BCUT2D eigenvalue weighted by atomic mass is 9.89. The smallest absolute Gasteiger partial charge is 0.296 e. The molecule has 2 aromatic carbocycles. The molecule has 1 aliphatic rings. The molecule has 12 nitrogen and oxygen atoms in total. The molecule has 15 heteroatoms. The number of hydrogen-bond donors (Lipinski definition) is 6. The average Bonchev–Trinajstić information content (AvgIpc) is 2.75. The van der Waals surface area contributed by atoms with Gasteiger partial charge in [-0.25, -0.2) is 5.26 Å². The van der Waals surface area contributed by atoms with E-state index in [9.17, 15) is 25.9 Å². The van der Waals surface area contributed by atoms with Crippen LogP contribution in [0.25, 0.3) is 5.57 Å². The van der Waals surface area contributed by atoms with Gasteiger partial charge in [-0.2, -0.15) is 16.8 Å². The van der Waals surface area contributed by atoms with Gasteiger partial charge in [-0.05, 0) is 71.2 Å². The Morgan fingerprint density at radius 1 is 0.943 bits per heavy atom. The lowest BCUT2D eigenvalue weighted by Gasteiger charge is -2.19. The zero-order valence-electron chi connectivity index (χ0n) is 17.8. The summed E-state index contributed by atoms with van der Waals surface area (Å²) >= 11 is 0.560. The van der Waals surface area contributed by atoms with E-state index in [-0.39, 0.29) is 38.6 Å². The van der Waals surface area contributed by atoms with Gasteiger partial charge in [-0.1, -0.05) is 17.2 Å². The first-order chi connectivity index (χ1) is 16.2. The Morgan fingerprint density at radius 2 is 1.54 bits per heavy atom. The molecule has 0 atom stereocenters. The summed E-state index contributed by atoms with van der Waals surface area (Å²) in [6.45, 7) is 1.46. The lowest BCUT2D eigenvalue weighted by Crippen LogP contribution is -2.16. The van der Waals surface area contributed by atoms with Crippen molar-refractivity contribution in [3.8, 4) is 0 Å². The maximum Gasteiger partial charge on any atom is 0.296 e. The van der Waals surface area contributed by atoms with Gasteiger partial charge in [0.1, 0.15) is 9.80 Å². The van der Waals surface area contributed by atoms with Crippen LogP contribution in [0.3, 0.4) is 0 Å². The largest absolute Gasteiger partial charge is 0.398 e. The highest BCUT2D eigenvalue weighted by Crippen LogP contribution is 2.37. The minimum absolute atomic E-state index is 0.178. The molecule has 0 bridgehead atoms. The molecule has 0 aromatic heterocycles. The van der Waals surface area contributed by atoms with E-state index in [1.807, 2.05) is 0 Å². The van der Waals surface area contributed by atoms with E-state index in [4.69, 9.17) is 22.1 Å². The first-order valence-corrected chi connectivity index (χ1v) is 13.0. The predicted octanol–water partition coefficient (Wildman–Crippen LogP) is 3.08. The number of benzene rings is 2. The second-order valence-electron chi connectivity index (χ2n) is 7.22. The van der Waals surface area contributed by atoms with E-state index in [0.29, 0.717) is 17.6 Å². The Morgan fingerprint density at radius 3 is 2.11 bits per heavy atom.